The molecule has 1 aromatic carbocycles. The van der Waals surface area contributed by atoms with Gasteiger partial charge in [0, 0.05) is 12.1 Å². The van der Waals surface area contributed by atoms with Gasteiger partial charge < -0.3 is 4.98 Å². The van der Waals surface area contributed by atoms with Crippen LogP contribution in [0, 0.1) is 4.64 Å². The van der Waals surface area contributed by atoms with E-state index >= 15 is 0 Å². The molecule has 0 unspecified atom stereocenters. The fraction of sp³-hybridized carbons (Fsp3) is 0.286. The Hall–Kier alpha value is -1.48. The average molecular weight is 244 g/mol. The number of nitrogens with one attached hydrogen (secondary N) is 1. The number of unbranched alkanes of at least 4 members (excludes halogenated alkanes) is 1. The number of aromatic nitrogens is 2. The number of rotatable bonds is 4. The molecule has 0 aliphatic rings. The van der Waals surface area contributed by atoms with E-state index in [0.29, 0.717) is 4.64 Å². The minimum Gasteiger partial charge on any atom is -0.343 e. The molecule has 17 heavy (non-hydrogen) atoms. The van der Waals surface area contributed by atoms with Gasteiger partial charge in [0.25, 0.3) is 0 Å². The first-order chi connectivity index (χ1) is 8.29. The molecule has 0 aliphatic heterocycles. The lowest BCUT2D eigenvalue weighted by Gasteiger charge is -2.05. The summed E-state index contributed by atoms with van der Waals surface area (Å²) < 4.78 is 0.661. The lowest BCUT2D eigenvalue weighted by Crippen LogP contribution is -1.97. The molecule has 0 saturated heterocycles. The molecule has 0 fully saturated rings. The van der Waals surface area contributed by atoms with Crippen LogP contribution in [0.5, 0.6) is 0 Å². The maximum Gasteiger partial charge on any atom is 0.130 e. The van der Waals surface area contributed by atoms with Gasteiger partial charge in [-0.15, -0.1) is 0 Å². The molecule has 88 valence electrons. The van der Waals surface area contributed by atoms with E-state index in [2.05, 4.69) is 29.0 Å². The summed E-state index contributed by atoms with van der Waals surface area (Å²) in [4.78, 5) is 7.71. The van der Waals surface area contributed by atoms with Crippen LogP contribution >= 0.6 is 12.2 Å². The van der Waals surface area contributed by atoms with Crippen molar-refractivity contribution in [1.82, 2.24) is 9.97 Å². The molecule has 0 saturated carbocycles. The molecule has 0 atom stereocenters. The number of aryl methyl sites for hydroxylation is 1. The zero-order valence-corrected chi connectivity index (χ0v) is 10.8. The Morgan fingerprint density at radius 2 is 2.00 bits per heavy atom. The zero-order valence-electron chi connectivity index (χ0n) is 9.94. The lowest BCUT2D eigenvalue weighted by atomic mass is 10.1. The molecule has 0 radical (unpaired) electrons. The highest BCUT2D eigenvalue weighted by Crippen LogP contribution is 2.16. The third-order valence-electron chi connectivity index (χ3n) is 2.64. The fourth-order valence-corrected chi connectivity index (χ4v) is 1.97. The second-order valence-electron chi connectivity index (χ2n) is 4.05. The number of H-pyrrole nitrogens is 1. The monoisotopic (exact) mass is 244 g/mol. The van der Waals surface area contributed by atoms with Crippen molar-refractivity contribution in [3.63, 3.8) is 0 Å². The standard InChI is InChI=1S/C14H16N2S/c1-2-3-9-13-15-12(10-14(17)16-13)11-7-5-4-6-8-11/h4-8,10H,2-3,9H2,1H3,(H,15,16,17). The summed E-state index contributed by atoms with van der Waals surface area (Å²) in [5.41, 5.74) is 2.20. The Balaban J connectivity index is 2.35. The number of hydrogen-bond acceptors (Lipinski definition) is 2. The van der Waals surface area contributed by atoms with E-state index in [0.717, 1.165) is 36.3 Å². The summed E-state index contributed by atoms with van der Waals surface area (Å²) >= 11 is 5.21. The predicted octanol–water partition coefficient (Wildman–Crippen LogP) is 4.15. The molecule has 1 N–H and O–H groups in total. The molecule has 1 aromatic heterocycles. The topological polar surface area (TPSA) is 28.7 Å². The van der Waals surface area contributed by atoms with Gasteiger partial charge in [0.1, 0.15) is 10.5 Å². The normalized spacial score (nSPS) is 10.4. The van der Waals surface area contributed by atoms with Crippen LogP contribution in [0.15, 0.2) is 36.4 Å². The molecular formula is C14H16N2S. The smallest absolute Gasteiger partial charge is 0.130 e. The van der Waals surface area contributed by atoms with E-state index in [1.807, 2.05) is 24.3 Å². The van der Waals surface area contributed by atoms with Gasteiger partial charge in [-0.2, -0.15) is 0 Å². The molecule has 3 heteroatoms. The van der Waals surface area contributed by atoms with E-state index in [-0.39, 0.29) is 0 Å². The maximum absolute atomic E-state index is 5.21. The predicted molar refractivity (Wildman–Crippen MR) is 73.5 cm³/mol. The number of aromatic amines is 1. The van der Waals surface area contributed by atoms with Crippen molar-refractivity contribution in [2.45, 2.75) is 26.2 Å². The Labute approximate surface area is 107 Å². The number of nitrogens with zero attached hydrogens (tertiary/aromatic N) is 1. The highest BCUT2D eigenvalue weighted by Gasteiger charge is 2.01. The van der Waals surface area contributed by atoms with Crippen molar-refractivity contribution in [3.05, 3.63) is 46.9 Å². The Morgan fingerprint density at radius 1 is 1.24 bits per heavy atom. The van der Waals surface area contributed by atoms with Gasteiger partial charge >= 0.3 is 0 Å². The first-order valence-electron chi connectivity index (χ1n) is 5.95. The van der Waals surface area contributed by atoms with Crippen molar-refractivity contribution < 1.29 is 0 Å². The maximum atomic E-state index is 5.21. The Bertz CT molecular complexity index is 531. The third-order valence-corrected chi connectivity index (χ3v) is 2.85. The molecule has 1 heterocycles. The van der Waals surface area contributed by atoms with Crippen molar-refractivity contribution in [2.75, 3.05) is 0 Å². The summed E-state index contributed by atoms with van der Waals surface area (Å²) in [6, 6.07) is 12.1. The molecule has 0 amide bonds. The highest BCUT2D eigenvalue weighted by atomic mass is 32.1. The van der Waals surface area contributed by atoms with Gasteiger partial charge in [-0.05, 0) is 18.1 Å². The lowest BCUT2D eigenvalue weighted by molar-refractivity contribution is 0.751. The van der Waals surface area contributed by atoms with E-state index < -0.39 is 0 Å². The molecule has 0 aliphatic carbocycles. The summed E-state index contributed by atoms with van der Waals surface area (Å²) in [7, 11) is 0. The molecular weight excluding hydrogens is 228 g/mol. The van der Waals surface area contributed by atoms with E-state index in [1.54, 1.807) is 0 Å². The minimum absolute atomic E-state index is 0.661. The largest absolute Gasteiger partial charge is 0.343 e. The second kappa shape index (κ2) is 5.73. The fourth-order valence-electron chi connectivity index (χ4n) is 1.74. The van der Waals surface area contributed by atoms with Crippen molar-refractivity contribution in [1.29, 1.82) is 0 Å². The first kappa shape index (κ1) is 12.0. The Kier molecular flexibility index (Phi) is 4.04. The van der Waals surface area contributed by atoms with Gasteiger partial charge in [0.05, 0.1) is 0 Å². The van der Waals surface area contributed by atoms with Gasteiger partial charge in [0.2, 0.25) is 0 Å². The second-order valence-corrected chi connectivity index (χ2v) is 4.47. The van der Waals surface area contributed by atoms with Crippen LogP contribution in [-0.2, 0) is 6.42 Å². The molecule has 2 nitrogen and oxygen atoms in total. The summed E-state index contributed by atoms with van der Waals surface area (Å²) in [5.74, 6) is 0.984. The van der Waals surface area contributed by atoms with Crippen LogP contribution in [0.25, 0.3) is 11.3 Å². The van der Waals surface area contributed by atoms with E-state index in [1.165, 1.54) is 0 Å². The molecule has 0 bridgehead atoms. The van der Waals surface area contributed by atoms with E-state index in [9.17, 15) is 0 Å². The van der Waals surface area contributed by atoms with Crippen LogP contribution in [0.3, 0.4) is 0 Å². The van der Waals surface area contributed by atoms with E-state index in [4.69, 9.17) is 12.2 Å². The van der Waals surface area contributed by atoms with Crippen LogP contribution in [0.1, 0.15) is 25.6 Å². The van der Waals surface area contributed by atoms with Gasteiger partial charge in [-0.3, -0.25) is 0 Å². The number of benzene rings is 1. The Morgan fingerprint density at radius 3 is 2.71 bits per heavy atom. The van der Waals surface area contributed by atoms with Gasteiger partial charge in [-0.1, -0.05) is 55.9 Å². The zero-order chi connectivity index (χ0) is 12.1. The van der Waals surface area contributed by atoms with Crippen molar-refractivity contribution >= 4 is 12.2 Å². The van der Waals surface area contributed by atoms with Gasteiger partial charge in [0.15, 0.2) is 0 Å². The third kappa shape index (κ3) is 3.24. The molecule has 2 aromatic rings. The molecule has 0 spiro atoms. The summed E-state index contributed by atoms with van der Waals surface area (Å²) in [5, 5.41) is 0. The summed E-state index contributed by atoms with van der Waals surface area (Å²) in [6.45, 7) is 2.18. The summed E-state index contributed by atoms with van der Waals surface area (Å²) in [6.07, 6.45) is 3.26. The number of hydrogen-bond donors (Lipinski definition) is 1. The molecule has 2 rings (SSSR count). The van der Waals surface area contributed by atoms with Crippen molar-refractivity contribution in [2.24, 2.45) is 0 Å². The SMILES string of the molecule is CCCCc1nc(=S)cc(-c2ccccc2)[nH]1. The van der Waals surface area contributed by atoms with Crippen LogP contribution in [0.2, 0.25) is 0 Å². The van der Waals surface area contributed by atoms with Crippen molar-refractivity contribution in [3.8, 4) is 11.3 Å². The first-order valence-corrected chi connectivity index (χ1v) is 6.36. The quantitative estimate of drug-likeness (QED) is 0.818. The average Bonchev–Trinajstić information content (AvgIpc) is 2.37. The minimum atomic E-state index is 0.661. The van der Waals surface area contributed by atoms with Crippen LogP contribution < -0.4 is 0 Å². The van der Waals surface area contributed by atoms with Crippen LogP contribution in [-0.4, -0.2) is 9.97 Å². The highest BCUT2D eigenvalue weighted by molar-refractivity contribution is 7.71. The van der Waals surface area contributed by atoms with Gasteiger partial charge in [-0.25, -0.2) is 4.98 Å². The van der Waals surface area contributed by atoms with Crippen LogP contribution in [0.4, 0.5) is 0 Å².